The van der Waals surface area contributed by atoms with Crippen LogP contribution in [0.5, 0.6) is 0 Å². The number of sulfonamides is 1. The van der Waals surface area contributed by atoms with Crippen molar-refractivity contribution < 1.29 is 21.6 Å². The van der Waals surface area contributed by atoms with Crippen LogP contribution in [-0.2, 0) is 10.0 Å². The summed E-state index contributed by atoms with van der Waals surface area (Å²) in [5, 5.41) is 3.15. The highest BCUT2D eigenvalue weighted by molar-refractivity contribution is 7.89. The molecule has 21 heavy (non-hydrogen) atoms. The van der Waals surface area contributed by atoms with Gasteiger partial charge in [-0.3, -0.25) is 0 Å². The van der Waals surface area contributed by atoms with E-state index in [0.29, 0.717) is 25.5 Å². The third kappa shape index (κ3) is 3.22. The summed E-state index contributed by atoms with van der Waals surface area (Å²) in [5.74, 6) is -4.85. The largest absolute Gasteiger partial charge is 0.317 e. The van der Waals surface area contributed by atoms with E-state index in [1.54, 1.807) is 0 Å². The van der Waals surface area contributed by atoms with E-state index in [-0.39, 0.29) is 6.04 Å². The Hall–Kier alpha value is -1.12. The van der Waals surface area contributed by atoms with E-state index in [0.717, 1.165) is 23.3 Å². The average molecular weight is 322 g/mol. The topological polar surface area (TPSA) is 49.4 Å². The number of nitrogens with one attached hydrogen (secondary N) is 1. The second-order valence-corrected chi connectivity index (χ2v) is 7.00. The zero-order valence-corrected chi connectivity index (χ0v) is 12.4. The Bertz CT molecular complexity index is 614. The van der Waals surface area contributed by atoms with Crippen molar-refractivity contribution in [1.29, 1.82) is 0 Å². The van der Waals surface area contributed by atoms with Crippen molar-refractivity contribution in [2.75, 3.05) is 20.1 Å². The van der Waals surface area contributed by atoms with E-state index in [1.165, 1.54) is 7.05 Å². The average Bonchev–Trinajstić information content (AvgIpc) is 2.72. The van der Waals surface area contributed by atoms with Crippen LogP contribution in [-0.4, -0.2) is 38.9 Å². The first-order valence-corrected chi connectivity index (χ1v) is 8.12. The van der Waals surface area contributed by atoms with Crippen LogP contribution in [0.3, 0.4) is 0 Å². The van der Waals surface area contributed by atoms with Gasteiger partial charge in [0.1, 0.15) is 4.90 Å². The Kier molecular flexibility index (Phi) is 4.90. The molecule has 1 fully saturated rings. The van der Waals surface area contributed by atoms with Gasteiger partial charge in [-0.2, -0.15) is 4.31 Å². The molecule has 1 aliphatic heterocycles. The Morgan fingerprint density at radius 1 is 1.14 bits per heavy atom. The summed E-state index contributed by atoms with van der Waals surface area (Å²) in [6.45, 7) is 1.45. The maximum atomic E-state index is 13.7. The molecule has 1 aromatic carbocycles. The van der Waals surface area contributed by atoms with Crippen LogP contribution in [0, 0.1) is 17.5 Å². The minimum absolute atomic E-state index is 0.294. The van der Waals surface area contributed by atoms with Gasteiger partial charge in [-0.15, -0.1) is 0 Å². The lowest BCUT2D eigenvalue weighted by Gasteiger charge is -2.26. The van der Waals surface area contributed by atoms with Gasteiger partial charge in [0.25, 0.3) is 0 Å². The Labute approximate surface area is 122 Å². The molecule has 1 unspecified atom stereocenters. The zero-order chi connectivity index (χ0) is 15.6. The Morgan fingerprint density at radius 3 is 2.57 bits per heavy atom. The van der Waals surface area contributed by atoms with E-state index in [9.17, 15) is 21.6 Å². The van der Waals surface area contributed by atoms with E-state index in [4.69, 9.17) is 0 Å². The first-order valence-electron chi connectivity index (χ1n) is 6.68. The number of hydrogen-bond donors (Lipinski definition) is 1. The van der Waals surface area contributed by atoms with Crippen molar-refractivity contribution in [3.63, 3.8) is 0 Å². The predicted molar refractivity (Wildman–Crippen MR) is 71.8 cm³/mol. The summed E-state index contributed by atoms with van der Waals surface area (Å²) in [7, 11) is -2.86. The van der Waals surface area contributed by atoms with Gasteiger partial charge in [0.15, 0.2) is 17.5 Å². The molecule has 1 heterocycles. The molecule has 0 spiro atoms. The maximum Gasteiger partial charge on any atom is 0.246 e. The Balaban J connectivity index is 2.35. The van der Waals surface area contributed by atoms with Crippen molar-refractivity contribution in [2.24, 2.45) is 0 Å². The summed E-state index contributed by atoms with van der Waals surface area (Å²) in [6.07, 6.45) is 2.01. The molecule has 0 aliphatic carbocycles. The van der Waals surface area contributed by atoms with Crippen molar-refractivity contribution in [3.05, 3.63) is 29.6 Å². The molecule has 118 valence electrons. The predicted octanol–water partition coefficient (Wildman–Crippen LogP) is 1.87. The fraction of sp³-hybridized carbons (Fsp3) is 0.538. The number of nitrogens with zero attached hydrogens (tertiary/aromatic N) is 1. The van der Waals surface area contributed by atoms with E-state index >= 15 is 0 Å². The molecule has 1 atom stereocenters. The first kappa shape index (κ1) is 16.3. The van der Waals surface area contributed by atoms with Gasteiger partial charge < -0.3 is 5.32 Å². The second kappa shape index (κ2) is 6.33. The lowest BCUT2D eigenvalue weighted by Crippen LogP contribution is -2.38. The first-order chi connectivity index (χ1) is 9.85. The van der Waals surface area contributed by atoms with Gasteiger partial charge in [0, 0.05) is 13.1 Å². The quantitative estimate of drug-likeness (QED) is 0.864. The van der Waals surface area contributed by atoms with Crippen molar-refractivity contribution in [3.8, 4) is 0 Å². The highest BCUT2D eigenvalue weighted by Crippen LogP contribution is 2.25. The smallest absolute Gasteiger partial charge is 0.246 e. The van der Waals surface area contributed by atoms with Gasteiger partial charge >= 0.3 is 0 Å². The number of hydrogen-bond acceptors (Lipinski definition) is 3. The van der Waals surface area contributed by atoms with Crippen LogP contribution in [0.2, 0.25) is 0 Å². The summed E-state index contributed by atoms with van der Waals surface area (Å²) in [5.41, 5.74) is 0. The summed E-state index contributed by atoms with van der Waals surface area (Å²) < 4.78 is 65.8. The molecule has 0 bridgehead atoms. The fourth-order valence-corrected chi connectivity index (χ4v) is 3.89. The van der Waals surface area contributed by atoms with Gasteiger partial charge in [0.2, 0.25) is 10.0 Å². The molecule has 1 saturated heterocycles. The highest BCUT2D eigenvalue weighted by atomic mass is 32.2. The molecular formula is C13H17F3N2O2S. The molecule has 0 amide bonds. The molecule has 1 aliphatic rings. The van der Waals surface area contributed by atoms with Crippen molar-refractivity contribution in [1.82, 2.24) is 9.62 Å². The lowest BCUT2D eigenvalue weighted by atomic mass is 10.1. The summed E-state index contributed by atoms with van der Waals surface area (Å²) in [4.78, 5) is -0.832. The SMILES string of the molecule is CN(C1CCCNCC1)S(=O)(=O)c1ccc(F)c(F)c1F. The van der Waals surface area contributed by atoms with E-state index in [1.807, 2.05) is 0 Å². The van der Waals surface area contributed by atoms with Crippen LogP contribution in [0.1, 0.15) is 19.3 Å². The lowest BCUT2D eigenvalue weighted by molar-refractivity contribution is 0.338. The summed E-state index contributed by atoms with van der Waals surface area (Å²) >= 11 is 0. The molecule has 8 heteroatoms. The Morgan fingerprint density at radius 2 is 1.86 bits per heavy atom. The van der Waals surface area contributed by atoms with Crippen molar-refractivity contribution >= 4 is 10.0 Å². The van der Waals surface area contributed by atoms with Crippen LogP contribution < -0.4 is 5.32 Å². The molecule has 4 nitrogen and oxygen atoms in total. The number of rotatable bonds is 3. The third-order valence-electron chi connectivity index (χ3n) is 3.72. The highest BCUT2D eigenvalue weighted by Gasteiger charge is 2.32. The molecular weight excluding hydrogens is 305 g/mol. The standard InChI is InChI=1S/C13H17F3N2O2S/c1-18(9-3-2-7-17-8-6-9)21(19,20)11-5-4-10(14)12(15)13(11)16/h4-5,9,17H,2-3,6-8H2,1H3. The molecule has 1 aromatic rings. The van der Waals surface area contributed by atoms with Crippen LogP contribution in [0.15, 0.2) is 17.0 Å². The van der Waals surface area contributed by atoms with Crippen molar-refractivity contribution in [2.45, 2.75) is 30.2 Å². The monoisotopic (exact) mass is 322 g/mol. The minimum Gasteiger partial charge on any atom is -0.317 e. The molecule has 0 saturated carbocycles. The zero-order valence-electron chi connectivity index (χ0n) is 11.6. The fourth-order valence-electron chi connectivity index (χ4n) is 2.42. The van der Waals surface area contributed by atoms with Crippen LogP contribution >= 0.6 is 0 Å². The number of benzene rings is 1. The molecule has 2 rings (SSSR count). The van der Waals surface area contributed by atoms with Crippen LogP contribution in [0.25, 0.3) is 0 Å². The maximum absolute atomic E-state index is 13.7. The second-order valence-electron chi connectivity index (χ2n) is 5.03. The summed E-state index contributed by atoms with van der Waals surface area (Å²) in [6, 6.07) is 1.08. The molecule has 1 N–H and O–H groups in total. The molecule has 0 aromatic heterocycles. The van der Waals surface area contributed by atoms with Gasteiger partial charge in [0.05, 0.1) is 0 Å². The van der Waals surface area contributed by atoms with E-state index < -0.39 is 32.4 Å². The third-order valence-corrected chi connectivity index (χ3v) is 5.64. The number of halogens is 3. The van der Waals surface area contributed by atoms with Gasteiger partial charge in [-0.25, -0.2) is 21.6 Å². The van der Waals surface area contributed by atoms with E-state index in [2.05, 4.69) is 5.32 Å². The van der Waals surface area contributed by atoms with Gasteiger partial charge in [-0.1, -0.05) is 0 Å². The van der Waals surface area contributed by atoms with Gasteiger partial charge in [-0.05, 0) is 44.5 Å². The van der Waals surface area contributed by atoms with Crippen LogP contribution in [0.4, 0.5) is 13.2 Å². The normalized spacial score (nSPS) is 20.5. The minimum atomic E-state index is -4.20. The molecule has 0 radical (unpaired) electrons.